The Morgan fingerprint density at radius 2 is 1.96 bits per heavy atom. The van der Waals surface area contributed by atoms with Crippen LogP contribution in [-0.4, -0.2) is 54.4 Å². The van der Waals surface area contributed by atoms with Crippen LogP contribution in [0.4, 0.5) is 0 Å². The molecule has 0 aliphatic rings. The number of fused-ring (bicyclic) bond motifs is 1. The molecular weight excluding hydrogens is 352 g/mol. The van der Waals surface area contributed by atoms with Gasteiger partial charge in [-0.05, 0) is 38.7 Å². The van der Waals surface area contributed by atoms with E-state index in [1.807, 2.05) is 25.9 Å². The predicted molar refractivity (Wildman–Crippen MR) is 87.1 cm³/mol. The van der Waals surface area contributed by atoms with Gasteiger partial charge in [0.15, 0.2) is 5.58 Å². The van der Waals surface area contributed by atoms with E-state index in [0.29, 0.717) is 17.7 Å². The first-order valence-electron chi connectivity index (χ1n) is 6.40. The predicted octanol–water partition coefficient (Wildman–Crippen LogP) is 0.136. The second-order valence-corrected chi connectivity index (χ2v) is 4.96. The van der Waals surface area contributed by atoms with Crippen molar-refractivity contribution in [1.29, 1.82) is 0 Å². The number of hydrogen-bond acceptors (Lipinski definition) is 5. The van der Waals surface area contributed by atoms with Crippen LogP contribution in [0.25, 0.3) is 11.0 Å². The summed E-state index contributed by atoms with van der Waals surface area (Å²) in [6.45, 7) is 3.26. The summed E-state index contributed by atoms with van der Waals surface area (Å²) in [5, 5.41) is 10.7. The van der Waals surface area contributed by atoms with Crippen LogP contribution in [-0.2, 0) is 17.1 Å². The summed E-state index contributed by atoms with van der Waals surface area (Å²) in [7, 11) is 3.93. The molecule has 0 aliphatic carbocycles. The summed E-state index contributed by atoms with van der Waals surface area (Å²) in [5.74, 6) is 0.0554. The molecule has 0 atom stereocenters. The van der Waals surface area contributed by atoms with Crippen molar-refractivity contribution in [2.45, 2.75) is 6.92 Å². The summed E-state index contributed by atoms with van der Waals surface area (Å²) in [5.41, 5.74) is 1.22. The first-order valence-corrected chi connectivity index (χ1v) is 6.40. The summed E-state index contributed by atoms with van der Waals surface area (Å²) >= 11 is 0. The second kappa shape index (κ2) is 10.1. The van der Waals surface area contributed by atoms with Crippen LogP contribution < -0.4 is 5.63 Å². The standard InChI is InChI=1S/C15H18N2O3.Cu.2H2O/c1-10-8-14(19)20-15-11(10)4-5-13(18)12(15)9-16-6-7-17(2)3;;;/h4-5,8-9,18H,6-7H2,1-3H3;;2*1H2/q;+1;;. The summed E-state index contributed by atoms with van der Waals surface area (Å²) in [6, 6.07) is 4.76. The molecule has 0 fully saturated rings. The Bertz CT molecular complexity index is 713. The summed E-state index contributed by atoms with van der Waals surface area (Å²) in [6.07, 6.45) is 1.56. The third-order valence-corrected chi connectivity index (χ3v) is 3.03. The van der Waals surface area contributed by atoms with Crippen LogP contribution in [0.2, 0.25) is 0 Å². The van der Waals surface area contributed by atoms with E-state index in [0.717, 1.165) is 17.5 Å². The van der Waals surface area contributed by atoms with E-state index in [9.17, 15) is 9.90 Å². The van der Waals surface area contributed by atoms with Crippen molar-refractivity contribution < 1.29 is 37.5 Å². The molecule has 0 aliphatic heterocycles. The van der Waals surface area contributed by atoms with Crippen LogP contribution in [0.5, 0.6) is 5.75 Å². The zero-order valence-corrected chi connectivity index (χ0v) is 14.1. The minimum atomic E-state index is -0.427. The van der Waals surface area contributed by atoms with Gasteiger partial charge in [-0.15, -0.1) is 0 Å². The minimum absolute atomic E-state index is 0. The Balaban J connectivity index is 0. The molecule has 1 aromatic carbocycles. The molecule has 0 unspecified atom stereocenters. The van der Waals surface area contributed by atoms with E-state index in [2.05, 4.69) is 4.99 Å². The van der Waals surface area contributed by atoms with Crippen molar-refractivity contribution in [3.05, 3.63) is 39.7 Å². The molecule has 0 bridgehead atoms. The van der Waals surface area contributed by atoms with E-state index in [1.54, 1.807) is 18.3 Å². The van der Waals surface area contributed by atoms with E-state index < -0.39 is 5.63 Å². The molecule has 8 heteroatoms. The van der Waals surface area contributed by atoms with Crippen molar-refractivity contribution in [2.24, 2.45) is 4.99 Å². The number of nitrogens with zero attached hydrogens (tertiary/aromatic N) is 2. The first-order chi connectivity index (χ1) is 9.49. The van der Waals surface area contributed by atoms with Gasteiger partial charge in [-0.2, -0.15) is 0 Å². The number of aromatic hydroxyl groups is 1. The first kappa shape index (κ1) is 23.6. The molecule has 0 saturated heterocycles. The van der Waals surface area contributed by atoms with Gasteiger partial charge in [0.1, 0.15) is 5.75 Å². The Hall–Kier alpha value is -1.70. The number of aryl methyl sites for hydroxylation is 1. The third-order valence-electron chi connectivity index (χ3n) is 3.03. The normalized spacial score (nSPS) is 10.3. The number of hydrogen-bond donors (Lipinski definition) is 1. The molecule has 132 valence electrons. The van der Waals surface area contributed by atoms with Crippen LogP contribution >= 0.6 is 0 Å². The molecule has 1 aromatic heterocycles. The molecule has 7 nitrogen and oxygen atoms in total. The van der Waals surface area contributed by atoms with Gasteiger partial charge in [-0.25, -0.2) is 4.79 Å². The quantitative estimate of drug-likeness (QED) is 0.464. The molecule has 2 aromatic rings. The van der Waals surface area contributed by atoms with Crippen molar-refractivity contribution in [3.8, 4) is 5.75 Å². The van der Waals surface area contributed by atoms with Crippen LogP contribution in [0.1, 0.15) is 11.1 Å². The van der Waals surface area contributed by atoms with Gasteiger partial charge in [0.25, 0.3) is 0 Å². The maximum absolute atomic E-state index is 11.5. The largest absolute Gasteiger partial charge is 1.00 e. The monoisotopic (exact) mass is 373 g/mol. The Morgan fingerprint density at radius 3 is 2.57 bits per heavy atom. The SMILES string of the molecule is Cc1cc(=O)oc2c(C=NCCN(C)C)c(O)ccc12.O.O.[Cu+]. The maximum atomic E-state index is 11.5. The van der Waals surface area contributed by atoms with E-state index in [1.165, 1.54) is 6.07 Å². The zero-order chi connectivity index (χ0) is 14.7. The second-order valence-electron chi connectivity index (χ2n) is 4.96. The van der Waals surface area contributed by atoms with Gasteiger partial charge in [-0.1, -0.05) is 0 Å². The van der Waals surface area contributed by atoms with Gasteiger partial charge >= 0.3 is 22.7 Å². The van der Waals surface area contributed by atoms with Crippen LogP contribution in [0.3, 0.4) is 0 Å². The average Bonchev–Trinajstić information content (AvgIpc) is 2.36. The van der Waals surface area contributed by atoms with Gasteiger partial charge in [0.05, 0.1) is 12.1 Å². The molecule has 0 amide bonds. The fraction of sp³-hybridized carbons (Fsp3) is 0.333. The molecule has 2 rings (SSSR count). The summed E-state index contributed by atoms with van der Waals surface area (Å²) in [4.78, 5) is 17.8. The third kappa shape index (κ3) is 5.78. The Labute approximate surface area is 144 Å². The average molecular weight is 374 g/mol. The molecule has 0 radical (unpaired) electrons. The Kier molecular flexibility index (Phi) is 10.4. The number of benzene rings is 1. The number of aliphatic imine (C=N–C) groups is 1. The Morgan fingerprint density at radius 1 is 1.30 bits per heavy atom. The number of phenols is 1. The molecule has 0 saturated carbocycles. The van der Waals surface area contributed by atoms with Crippen molar-refractivity contribution in [1.82, 2.24) is 4.90 Å². The maximum Gasteiger partial charge on any atom is 1.00 e. The van der Waals surface area contributed by atoms with E-state index >= 15 is 0 Å². The van der Waals surface area contributed by atoms with E-state index in [4.69, 9.17) is 4.42 Å². The van der Waals surface area contributed by atoms with Crippen molar-refractivity contribution in [3.63, 3.8) is 0 Å². The molecule has 5 N–H and O–H groups in total. The molecule has 0 spiro atoms. The molecular formula is C15H22CuN2O5+. The van der Waals surface area contributed by atoms with Gasteiger partial charge in [0.2, 0.25) is 0 Å². The van der Waals surface area contributed by atoms with Gasteiger partial charge < -0.3 is 25.4 Å². The number of rotatable bonds is 4. The van der Waals surface area contributed by atoms with Gasteiger partial charge in [-0.3, -0.25) is 4.99 Å². The topological polar surface area (TPSA) is 129 Å². The van der Waals surface area contributed by atoms with Gasteiger partial charge in [0, 0.05) is 24.2 Å². The fourth-order valence-corrected chi connectivity index (χ4v) is 1.93. The zero-order valence-electron chi connectivity index (χ0n) is 13.2. The molecule has 1 heterocycles. The number of phenolic OH excluding ortho intramolecular Hbond substituents is 1. The van der Waals surface area contributed by atoms with Crippen LogP contribution in [0.15, 0.2) is 32.4 Å². The fourth-order valence-electron chi connectivity index (χ4n) is 1.93. The van der Waals surface area contributed by atoms with Crippen LogP contribution in [0, 0.1) is 6.92 Å². The van der Waals surface area contributed by atoms with Crippen molar-refractivity contribution >= 4 is 17.2 Å². The smallest absolute Gasteiger partial charge is 0.507 e. The summed E-state index contributed by atoms with van der Waals surface area (Å²) < 4.78 is 5.22. The van der Waals surface area contributed by atoms with Crippen molar-refractivity contribution in [2.75, 3.05) is 27.2 Å². The number of likely N-dealkylation sites (N-methyl/N-ethyl adjacent to an activating group) is 1. The molecule has 23 heavy (non-hydrogen) atoms. The minimum Gasteiger partial charge on any atom is -0.507 e. The van der Waals surface area contributed by atoms with E-state index in [-0.39, 0.29) is 33.8 Å².